The van der Waals surface area contributed by atoms with Gasteiger partial charge in [-0.05, 0) is 24.3 Å². The summed E-state index contributed by atoms with van der Waals surface area (Å²) in [5, 5.41) is 17.5. The van der Waals surface area contributed by atoms with Gasteiger partial charge in [-0.3, -0.25) is 9.97 Å². The lowest BCUT2D eigenvalue weighted by molar-refractivity contribution is 1.10. The summed E-state index contributed by atoms with van der Waals surface area (Å²) in [6.07, 6.45) is 3.53. The molecule has 236 valence electrons. The number of aromatic amines is 2. The first-order valence-electron chi connectivity index (χ1n) is 16.0. The third kappa shape index (κ3) is 5.46. The average Bonchev–Trinajstić information content (AvgIpc) is 3.89. The third-order valence-corrected chi connectivity index (χ3v) is 8.42. The van der Waals surface area contributed by atoms with Crippen molar-refractivity contribution in [2.45, 2.75) is 0 Å². The lowest BCUT2D eigenvalue weighted by atomic mass is 9.99. The normalized spacial score (nSPS) is 14.3. The van der Waals surface area contributed by atoms with Crippen molar-refractivity contribution in [2.24, 2.45) is 9.98 Å². The van der Waals surface area contributed by atoms with Gasteiger partial charge in [0.2, 0.25) is 0 Å². The maximum Gasteiger partial charge on any atom is 0.161 e. The van der Waals surface area contributed by atoms with Crippen molar-refractivity contribution >= 4 is 22.8 Å². The molecule has 0 bridgehead atoms. The molecule has 0 amide bonds. The Labute approximate surface area is 286 Å². The van der Waals surface area contributed by atoms with E-state index in [9.17, 15) is 0 Å². The Bertz CT molecular complexity index is 2340. The van der Waals surface area contributed by atoms with E-state index in [1.807, 2.05) is 133 Å². The number of aliphatic imine (C=N–C) groups is 2. The van der Waals surface area contributed by atoms with Crippen molar-refractivity contribution in [1.29, 1.82) is 0 Å². The molecule has 10 heteroatoms. The molecule has 50 heavy (non-hydrogen) atoms. The van der Waals surface area contributed by atoms with Gasteiger partial charge in [0.1, 0.15) is 11.4 Å². The zero-order chi connectivity index (χ0) is 33.3. The molecule has 5 heterocycles. The maximum atomic E-state index is 5.18. The number of fused-ring (bicyclic) bond motifs is 2. The molecule has 1 aliphatic heterocycles. The van der Waals surface area contributed by atoms with Crippen molar-refractivity contribution in [3.05, 3.63) is 168 Å². The molecule has 0 spiro atoms. The van der Waals surface area contributed by atoms with Crippen molar-refractivity contribution in [3.8, 4) is 45.6 Å². The van der Waals surface area contributed by atoms with Crippen molar-refractivity contribution in [3.63, 3.8) is 0 Å². The number of hydrogen-bond acceptors (Lipinski definition) is 8. The van der Waals surface area contributed by atoms with Crippen LogP contribution >= 0.6 is 0 Å². The molecule has 0 atom stereocenters. The highest BCUT2D eigenvalue weighted by Gasteiger charge is 2.22. The molecule has 2 N–H and O–H groups in total. The fourth-order valence-corrected chi connectivity index (χ4v) is 5.90. The summed E-state index contributed by atoms with van der Waals surface area (Å²) in [7, 11) is 0. The number of hydrogen-bond donors (Lipinski definition) is 2. The summed E-state index contributed by atoms with van der Waals surface area (Å²) >= 11 is 0. The van der Waals surface area contributed by atoms with E-state index in [2.05, 4.69) is 30.4 Å². The Kier molecular flexibility index (Phi) is 7.21. The first-order chi connectivity index (χ1) is 24.8. The zero-order valence-electron chi connectivity index (χ0n) is 26.4. The van der Waals surface area contributed by atoms with Gasteiger partial charge in [-0.1, -0.05) is 109 Å². The van der Waals surface area contributed by atoms with Crippen LogP contribution in [0, 0.1) is 0 Å². The highest BCUT2D eigenvalue weighted by Crippen LogP contribution is 2.32. The van der Waals surface area contributed by atoms with Gasteiger partial charge < -0.3 is 9.97 Å². The molecule has 0 fully saturated rings. The van der Waals surface area contributed by atoms with E-state index in [4.69, 9.17) is 20.0 Å². The highest BCUT2D eigenvalue weighted by atomic mass is 15.2. The lowest BCUT2D eigenvalue weighted by Crippen LogP contribution is -2.12. The lowest BCUT2D eigenvalue weighted by Gasteiger charge is -2.16. The summed E-state index contributed by atoms with van der Waals surface area (Å²) in [6.45, 7) is 0. The number of H-pyrrole nitrogens is 2. The zero-order valence-corrected chi connectivity index (χ0v) is 26.4. The molecule has 0 radical (unpaired) electrons. The van der Waals surface area contributed by atoms with Gasteiger partial charge in [0, 0.05) is 45.8 Å². The van der Waals surface area contributed by atoms with Crippen LogP contribution < -0.4 is 0 Å². The van der Waals surface area contributed by atoms with Gasteiger partial charge in [0.15, 0.2) is 23.3 Å². The number of aromatic nitrogens is 8. The fraction of sp³-hybridized carbons (Fsp3) is 0. The number of benzene rings is 4. The van der Waals surface area contributed by atoms with Gasteiger partial charge in [-0.2, -0.15) is 0 Å². The second kappa shape index (κ2) is 12.4. The van der Waals surface area contributed by atoms with Gasteiger partial charge in [0.05, 0.1) is 22.8 Å². The standard InChI is InChI=1S/C40H26N10/c1-3-9-27(10-4-1)37-45-39(49-47-37)29-19-15-25(16-20-29)33-35-31(13-7-23-41-35)44-34(36-32(43-33)14-8-24-42-36)26-17-21-30(22-18-26)40-46-38(48-50-40)28-11-5-2-6-12-28/h1-24H,(H,45,47,49)(H,46,48,50)/b35-33?,36-34?,43-32?,43-33-,44-31?,44-34-. The molecule has 0 unspecified atom stereocenters. The fourth-order valence-electron chi connectivity index (χ4n) is 5.90. The minimum Gasteiger partial charge on any atom is -0.321 e. The predicted molar refractivity (Wildman–Crippen MR) is 194 cm³/mol. The number of nitrogens with one attached hydrogen (secondary N) is 2. The van der Waals surface area contributed by atoms with Crippen LogP contribution in [-0.4, -0.2) is 51.8 Å². The monoisotopic (exact) mass is 646 g/mol. The Morgan fingerprint density at radius 2 is 0.660 bits per heavy atom. The minimum absolute atomic E-state index is 0.671. The molecule has 4 aromatic heterocycles. The van der Waals surface area contributed by atoms with E-state index in [1.54, 1.807) is 12.4 Å². The molecule has 0 saturated heterocycles. The van der Waals surface area contributed by atoms with E-state index in [0.29, 0.717) is 45.8 Å². The van der Waals surface area contributed by atoms with E-state index in [0.717, 1.165) is 45.0 Å². The molecule has 0 saturated carbocycles. The molecule has 0 aliphatic carbocycles. The van der Waals surface area contributed by atoms with E-state index in [1.165, 1.54) is 0 Å². The molecule has 4 aromatic carbocycles. The van der Waals surface area contributed by atoms with Gasteiger partial charge in [0.25, 0.3) is 0 Å². The highest BCUT2D eigenvalue weighted by molar-refractivity contribution is 6.21. The van der Waals surface area contributed by atoms with Crippen LogP contribution in [0.1, 0.15) is 22.5 Å². The molecule has 10 nitrogen and oxygen atoms in total. The quantitative estimate of drug-likeness (QED) is 0.188. The Balaban J connectivity index is 1.06. The average molecular weight is 647 g/mol. The van der Waals surface area contributed by atoms with Crippen LogP contribution in [0.15, 0.2) is 156 Å². The molecule has 8 aromatic rings. The first kappa shape index (κ1) is 29.0. The summed E-state index contributed by atoms with van der Waals surface area (Å²) < 4.78 is 0. The van der Waals surface area contributed by atoms with Crippen LogP contribution in [0.5, 0.6) is 0 Å². The van der Waals surface area contributed by atoms with E-state index >= 15 is 0 Å². The Morgan fingerprint density at radius 3 is 1.04 bits per heavy atom. The van der Waals surface area contributed by atoms with Crippen LogP contribution in [0.2, 0.25) is 0 Å². The molecular formula is C40H26N10. The maximum absolute atomic E-state index is 5.18. The third-order valence-electron chi connectivity index (χ3n) is 8.42. The van der Waals surface area contributed by atoms with Gasteiger partial charge >= 0.3 is 0 Å². The minimum atomic E-state index is 0.671. The molecular weight excluding hydrogens is 621 g/mol. The van der Waals surface area contributed by atoms with Crippen LogP contribution in [0.4, 0.5) is 11.4 Å². The molecule has 9 rings (SSSR count). The summed E-state index contributed by atoms with van der Waals surface area (Å²) in [5.41, 5.74) is 9.65. The number of pyridine rings is 2. The smallest absolute Gasteiger partial charge is 0.161 e. The van der Waals surface area contributed by atoms with Crippen LogP contribution in [-0.2, 0) is 0 Å². The van der Waals surface area contributed by atoms with E-state index in [-0.39, 0.29) is 0 Å². The second-order valence-corrected chi connectivity index (χ2v) is 11.6. The molecule has 1 aliphatic rings. The summed E-state index contributed by atoms with van der Waals surface area (Å²) in [6, 6.07) is 43.6. The van der Waals surface area contributed by atoms with Crippen LogP contribution in [0.25, 0.3) is 45.6 Å². The summed E-state index contributed by atoms with van der Waals surface area (Å²) in [5.74, 6) is 2.80. The summed E-state index contributed by atoms with van der Waals surface area (Å²) in [4.78, 5) is 26.6. The first-order valence-corrected chi connectivity index (χ1v) is 16.0. The largest absolute Gasteiger partial charge is 0.321 e. The van der Waals surface area contributed by atoms with Gasteiger partial charge in [-0.15, -0.1) is 20.4 Å². The SMILES string of the molecule is c1ccc(-c2nnc(-c3ccc(/C4=N/c5cccnc5/C(c5ccc(-c6nnc(-c7ccccc7)[nH]6)cc5)=N\c5cccnc54)cc3)[nH]2)cc1. The van der Waals surface area contributed by atoms with Crippen LogP contribution in [0.3, 0.4) is 0 Å². The van der Waals surface area contributed by atoms with Crippen molar-refractivity contribution in [1.82, 2.24) is 40.3 Å². The Hall–Kier alpha value is -7.20. The van der Waals surface area contributed by atoms with Crippen molar-refractivity contribution < 1.29 is 0 Å². The number of nitrogens with zero attached hydrogens (tertiary/aromatic N) is 8. The Morgan fingerprint density at radius 1 is 0.320 bits per heavy atom. The number of rotatable bonds is 6. The van der Waals surface area contributed by atoms with Gasteiger partial charge in [-0.25, -0.2) is 9.98 Å². The second-order valence-electron chi connectivity index (χ2n) is 11.6. The topological polar surface area (TPSA) is 134 Å². The predicted octanol–water partition coefficient (Wildman–Crippen LogP) is 8.03. The van der Waals surface area contributed by atoms with E-state index < -0.39 is 0 Å². The van der Waals surface area contributed by atoms with Crippen molar-refractivity contribution in [2.75, 3.05) is 0 Å².